The van der Waals surface area contributed by atoms with E-state index in [2.05, 4.69) is 0 Å². The van der Waals surface area contributed by atoms with Gasteiger partial charge in [-0.1, -0.05) is 0 Å². The van der Waals surface area contributed by atoms with E-state index < -0.39 is 0 Å². The summed E-state index contributed by atoms with van der Waals surface area (Å²) in [4.78, 5) is 0. The summed E-state index contributed by atoms with van der Waals surface area (Å²) in [5, 5.41) is 0. The van der Waals surface area contributed by atoms with Gasteiger partial charge in [0, 0.05) is 28.4 Å². The van der Waals surface area contributed by atoms with Crippen molar-refractivity contribution in [3.05, 3.63) is 0 Å². The van der Waals surface area contributed by atoms with Gasteiger partial charge in [0.05, 0.1) is 0 Å². The second-order valence-electron chi connectivity index (χ2n) is 0. The molecule has 0 spiro atoms. The van der Waals surface area contributed by atoms with Gasteiger partial charge in [0.1, 0.15) is 0 Å². The molecule has 4 heavy (non-hydrogen) atoms. The standard InChI is InChI=1S/3N.P. The van der Waals surface area contributed by atoms with Crippen molar-refractivity contribution in [2.45, 2.75) is 0 Å². The molecule has 3 nitrogen and oxygen atoms in total. The Bertz CT molecular complexity index is 3.25. The van der Waals surface area contributed by atoms with Crippen LogP contribution in [0, 0.1) is 0 Å². The average molecular weight is 73.0 g/mol. The first-order valence-corrected chi connectivity index (χ1v) is 0. The van der Waals surface area contributed by atoms with Crippen LogP contribution in [-0.2, 0) is 0 Å². The normalized spacial score (nSPS) is 0. The molecule has 0 atom stereocenters. The second kappa shape index (κ2) is 184. The van der Waals surface area contributed by atoms with Crippen LogP contribution in [0.15, 0.2) is 0 Å². The number of hydrogen-bond donors (Lipinski definition) is 0. The molecule has 12 radical (unpaired) electrons. The molecule has 0 N–H and O–H groups in total. The van der Waals surface area contributed by atoms with Gasteiger partial charge in [0.15, 0.2) is 0 Å². The monoisotopic (exact) mass is 73.0 g/mol. The SMILES string of the molecule is [N].[N].[N].[P]. The molecular formula is N3P. The van der Waals surface area contributed by atoms with Crippen molar-refractivity contribution in [3.63, 3.8) is 0 Å². The van der Waals surface area contributed by atoms with Crippen molar-refractivity contribution in [1.82, 2.24) is 18.5 Å². The molecule has 0 fully saturated rings. The summed E-state index contributed by atoms with van der Waals surface area (Å²) in [6.45, 7) is 0. The van der Waals surface area contributed by atoms with Crippen molar-refractivity contribution in [1.29, 1.82) is 0 Å². The maximum Gasteiger partial charge on any atom is 0 e. The summed E-state index contributed by atoms with van der Waals surface area (Å²) >= 11 is 0. The molecule has 20 valence electrons. The third-order valence-corrected chi connectivity index (χ3v) is 0. The predicted octanol–water partition coefficient (Wildman–Crippen LogP) is -0.581. The first-order chi connectivity index (χ1) is 0. The van der Waals surface area contributed by atoms with Crippen LogP contribution in [0.4, 0.5) is 0 Å². The van der Waals surface area contributed by atoms with Gasteiger partial charge in [-0.25, -0.2) is 0 Å². The van der Waals surface area contributed by atoms with E-state index in [1.165, 1.54) is 0 Å². The third kappa shape index (κ3) is 41.3. The Balaban J connectivity index is 0. The summed E-state index contributed by atoms with van der Waals surface area (Å²) in [5.74, 6) is 0. The Morgan fingerprint density at radius 1 is 0.500 bits per heavy atom. The fourth-order valence-corrected chi connectivity index (χ4v) is 0. The molecule has 0 aromatic carbocycles. The van der Waals surface area contributed by atoms with Gasteiger partial charge in [-0.3, -0.25) is 0 Å². The Kier molecular flexibility index (Phi) is 22600. The van der Waals surface area contributed by atoms with Crippen LogP contribution in [0.2, 0.25) is 0 Å². The molecule has 0 aliphatic carbocycles. The Labute approximate surface area is 29.5 Å². The molecule has 0 saturated carbocycles. The van der Waals surface area contributed by atoms with Gasteiger partial charge >= 0.3 is 0 Å². The number of hydrogen-bond acceptors (Lipinski definition) is 0. The lowest BCUT2D eigenvalue weighted by atomic mass is 14.0. The molecule has 4 heteroatoms. The predicted molar refractivity (Wildman–Crippen MR) is 13.3 cm³/mol. The second-order valence-corrected chi connectivity index (χ2v) is 0. The fraction of sp³-hybridized carbons (Fsp3) is 0. The Morgan fingerprint density at radius 3 is 0.500 bits per heavy atom. The molecule has 0 aromatic rings. The third-order valence-electron chi connectivity index (χ3n) is 0. The highest BCUT2D eigenvalue weighted by Gasteiger charge is 0.00300. The van der Waals surface area contributed by atoms with E-state index in [-0.39, 0.29) is 28.4 Å². The van der Waals surface area contributed by atoms with Crippen molar-refractivity contribution in [2.75, 3.05) is 0 Å². The van der Waals surface area contributed by atoms with E-state index >= 15 is 0 Å². The van der Waals surface area contributed by atoms with Crippen LogP contribution in [0.1, 0.15) is 0 Å². The van der Waals surface area contributed by atoms with Crippen LogP contribution < -0.4 is 18.5 Å². The zero-order chi connectivity index (χ0) is 0. The molecule has 0 rings (SSSR count). The van der Waals surface area contributed by atoms with Gasteiger partial charge in [0.25, 0.3) is 0 Å². The smallest absolute Gasteiger partial charge is 0 e. The van der Waals surface area contributed by atoms with Crippen molar-refractivity contribution in [2.24, 2.45) is 0 Å². The highest BCUT2D eigenvalue weighted by atomic mass is 31.0. The largest absolute Gasteiger partial charge is 0 e. The van der Waals surface area contributed by atoms with Crippen molar-refractivity contribution < 1.29 is 0 Å². The topological polar surface area (TPSA) is 91.5 Å². The highest BCUT2D eigenvalue weighted by Crippen LogP contribution is 0.861. The first-order valence-electron chi connectivity index (χ1n) is 0. The Morgan fingerprint density at radius 2 is 0.500 bits per heavy atom. The lowest BCUT2D eigenvalue weighted by molar-refractivity contribution is 2.13. The molecular weight excluding hydrogens is 73.0 g/mol. The van der Waals surface area contributed by atoms with Gasteiger partial charge in [-0.15, -0.1) is 0 Å². The molecule has 0 saturated heterocycles. The summed E-state index contributed by atoms with van der Waals surface area (Å²) in [6.07, 6.45) is 0. The van der Waals surface area contributed by atoms with Crippen molar-refractivity contribution in [3.8, 4) is 0 Å². The van der Waals surface area contributed by atoms with Crippen LogP contribution >= 0.6 is 9.90 Å². The minimum absolute atomic E-state index is 0. The van der Waals surface area contributed by atoms with Gasteiger partial charge in [-0.2, -0.15) is 0 Å². The first kappa shape index (κ1) is 491. The van der Waals surface area contributed by atoms with Crippen LogP contribution in [0.3, 0.4) is 0 Å². The van der Waals surface area contributed by atoms with Gasteiger partial charge in [-0.05, 0) is 0 Å². The van der Waals surface area contributed by atoms with Crippen LogP contribution in [-0.4, -0.2) is 0 Å². The molecule has 0 aromatic heterocycles. The number of rotatable bonds is 0. The summed E-state index contributed by atoms with van der Waals surface area (Å²) in [5.41, 5.74) is 0. The summed E-state index contributed by atoms with van der Waals surface area (Å²) in [6, 6.07) is 0. The van der Waals surface area contributed by atoms with E-state index in [1.807, 2.05) is 0 Å². The minimum atomic E-state index is 0. The summed E-state index contributed by atoms with van der Waals surface area (Å²) < 4.78 is 0. The maximum atomic E-state index is 0. The maximum absolute atomic E-state index is 0. The average Bonchev–Trinajstić information content (AvgIpc) is 0. The highest BCUT2D eigenvalue weighted by molar-refractivity contribution is 6.92. The number of nitrogens with zero attached hydrogens (tertiary/aromatic N) is 3. The van der Waals surface area contributed by atoms with E-state index in [1.54, 1.807) is 0 Å². The van der Waals surface area contributed by atoms with Crippen LogP contribution in [0.5, 0.6) is 0 Å². The molecule has 0 unspecified atom stereocenters. The van der Waals surface area contributed by atoms with E-state index in [0.29, 0.717) is 0 Å². The van der Waals surface area contributed by atoms with Gasteiger partial charge in [0.2, 0.25) is 0 Å². The zero-order valence-electron chi connectivity index (χ0n) is 1.79. The molecule has 0 bridgehead atoms. The lowest BCUT2D eigenvalue weighted by Crippen LogP contribution is -0.482. The van der Waals surface area contributed by atoms with E-state index in [0.717, 1.165) is 0 Å². The van der Waals surface area contributed by atoms with Crippen molar-refractivity contribution >= 4 is 9.90 Å². The molecule has 0 aliphatic rings. The van der Waals surface area contributed by atoms with E-state index in [4.69, 9.17) is 0 Å². The lowest BCUT2D eigenvalue weighted by Gasteiger charge is -0.00100. The minimum Gasteiger partial charge on any atom is 0 e. The van der Waals surface area contributed by atoms with E-state index in [9.17, 15) is 0 Å². The molecule has 0 amide bonds. The fourth-order valence-electron chi connectivity index (χ4n) is 0. The summed E-state index contributed by atoms with van der Waals surface area (Å²) in [7, 11) is 0. The van der Waals surface area contributed by atoms with Gasteiger partial charge < -0.3 is 0 Å². The molecule has 0 aliphatic heterocycles. The zero-order valence-corrected chi connectivity index (χ0v) is 2.68. The molecule has 0 heterocycles. The quantitative estimate of drug-likeness (QED) is 0.343. The van der Waals surface area contributed by atoms with Crippen LogP contribution in [0.25, 0.3) is 0 Å². The Hall–Kier alpha value is 0.310.